The number of benzene rings is 1. The Morgan fingerprint density at radius 1 is 1.35 bits per heavy atom. The van der Waals surface area contributed by atoms with Crippen molar-refractivity contribution in [1.82, 2.24) is 10.3 Å². The van der Waals surface area contributed by atoms with Gasteiger partial charge in [-0.2, -0.15) is 0 Å². The summed E-state index contributed by atoms with van der Waals surface area (Å²) in [7, 11) is 1.61. The van der Waals surface area contributed by atoms with Crippen molar-refractivity contribution in [3.05, 3.63) is 42.1 Å². The lowest BCUT2D eigenvalue weighted by Gasteiger charge is -2.28. The van der Waals surface area contributed by atoms with Crippen molar-refractivity contribution in [2.45, 2.75) is 39.0 Å². The highest BCUT2D eigenvalue weighted by Crippen LogP contribution is 2.31. The summed E-state index contributed by atoms with van der Waals surface area (Å²) in [6.07, 6.45) is 1.15. The Hall–Kier alpha value is -2.80. The molecule has 7 nitrogen and oxygen atoms in total. The number of aryl methyl sites for hydroxylation is 1. The third-order valence-electron chi connectivity index (χ3n) is 4.76. The lowest BCUT2D eigenvalue weighted by atomic mass is 9.98. The van der Waals surface area contributed by atoms with Gasteiger partial charge in [0, 0.05) is 12.1 Å². The van der Waals surface area contributed by atoms with Gasteiger partial charge in [0.1, 0.15) is 11.5 Å². The van der Waals surface area contributed by atoms with Crippen LogP contribution in [0.15, 0.2) is 36.5 Å². The van der Waals surface area contributed by atoms with E-state index in [9.17, 15) is 9.90 Å². The fraction of sp³-hybridized carbons (Fsp3) is 0.368. The summed E-state index contributed by atoms with van der Waals surface area (Å²) in [4.78, 5) is 17.8. The first-order valence-corrected chi connectivity index (χ1v) is 8.46. The zero-order valence-electron chi connectivity index (χ0n) is 15.3. The predicted molar refractivity (Wildman–Crippen MR) is 97.8 cm³/mol. The minimum Gasteiger partial charge on any atom is -0.496 e. The van der Waals surface area contributed by atoms with Crippen LogP contribution in [0.3, 0.4) is 0 Å². The number of amides is 2. The molecule has 1 aromatic heterocycles. The van der Waals surface area contributed by atoms with Crippen LogP contribution < -0.4 is 19.7 Å². The molecule has 2 aromatic rings. The second kappa shape index (κ2) is 6.84. The minimum absolute atomic E-state index is 0.347. The number of aliphatic hydroxyl groups excluding tert-OH is 1. The van der Waals surface area contributed by atoms with Gasteiger partial charge in [0.05, 0.1) is 24.5 Å². The average molecular weight is 357 g/mol. The van der Waals surface area contributed by atoms with Crippen molar-refractivity contribution in [2.75, 3.05) is 12.0 Å². The molecule has 1 aromatic carbocycles. The number of anilines is 1. The number of carbonyl (C=O) groups excluding carboxylic acids is 1. The Balaban J connectivity index is 1.78. The van der Waals surface area contributed by atoms with Crippen LogP contribution >= 0.6 is 0 Å². The smallest absolute Gasteiger partial charge is 0.324 e. The topological polar surface area (TPSA) is 83.9 Å². The van der Waals surface area contributed by atoms with E-state index in [4.69, 9.17) is 9.47 Å². The number of nitrogens with zero attached hydrogens (tertiary/aromatic N) is 2. The molecule has 0 spiro atoms. The number of nitrogens with one attached hydrogen (secondary N) is 1. The summed E-state index contributed by atoms with van der Waals surface area (Å²) in [6, 6.07) is 8.52. The van der Waals surface area contributed by atoms with Crippen LogP contribution in [0.5, 0.6) is 17.4 Å². The summed E-state index contributed by atoms with van der Waals surface area (Å²) in [5, 5.41) is 13.3. The quantitative estimate of drug-likeness (QED) is 0.858. The van der Waals surface area contributed by atoms with E-state index in [1.54, 1.807) is 25.3 Å². The molecule has 2 heterocycles. The molecule has 1 fully saturated rings. The molecule has 2 amide bonds. The molecular weight excluding hydrogens is 334 g/mol. The number of pyridine rings is 1. The molecule has 0 aliphatic carbocycles. The summed E-state index contributed by atoms with van der Waals surface area (Å²) < 4.78 is 11.0. The Morgan fingerprint density at radius 2 is 2.12 bits per heavy atom. The minimum atomic E-state index is -0.963. The molecule has 1 aliphatic rings. The van der Waals surface area contributed by atoms with Gasteiger partial charge in [-0.05, 0) is 38.0 Å². The Kier molecular flexibility index (Phi) is 4.73. The van der Waals surface area contributed by atoms with Crippen LogP contribution in [0.25, 0.3) is 0 Å². The van der Waals surface area contributed by atoms with Crippen molar-refractivity contribution < 1.29 is 19.4 Å². The molecule has 2 N–H and O–H groups in total. The van der Waals surface area contributed by atoms with Crippen LogP contribution in [-0.2, 0) is 0 Å². The van der Waals surface area contributed by atoms with Crippen molar-refractivity contribution in [1.29, 1.82) is 0 Å². The number of hydrogen-bond donors (Lipinski definition) is 2. The summed E-state index contributed by atoms with van der Waals surface area (Å²) >= 11 is 0. The summed E-state index contributed by atoms with van der Waals surface area (Å²) in [5.41, 5.74) is 0.821. The molecule has 0 bridgehead atoms. The fourth-order valence-electron chi connectivity index (χ4n) is 2.85. The lowest BCUT2D eigenvalue weighted by Crippen LogP contribution is -2.46. The third-order valence-corrected chi connectivity index (χ3v) is 4.76. The Labute approximate surface area is 152 Å². The number of urea groups is 1. The maximum atomic E-state index is 12.2. The largest absolute Gasteiger partial charge is 0.496 e. The number of rotatable bonds is 5. The zero-order chi connectivity index (χ0) is 18.9. The van der Waals surface area contributed by atoms with Crippen molar-refractivity contribution >= 4 is 11.7 Å². The third kappa shape index (κ3) is 3.17. The molecular formula is C19H23N3O4. The van der Waals surface area contributed by atoms with E-state index in [0.717, 1.165) is 11.3 Å². The van der Waals surface area contributed by atoms with Crippen LogP contribution in [0, 0.1) is 6.92 Å². The zero-order valence-corrected chi connectivity index (χ0v) is 15.3. The van der Waals surface area contributed by atoms with Gasteiger partial charge in [-0.1, -0.05) is 13.0 Å². The van der Waals surface area contributed by atoms with E-state index in [0.29, 0.717) is 23.7 Å². The van der Waals surface area contributed by atoms with E-state index in [1.807, 2.05) is 32.9 Å². The number of aliphatic hydroxyl groups is 1. The molecule has 1 unspecified atom stereocenters. The molecule has 0 radical (unpaired) electrons. The highest BCUT2D eigenvalue weighted by molar-refractivity contribution is 5.95. The first-order valence-electron chi connectivity index (χ1n) is 8.46. The first kappa shape index (κ1) is 18.0. The summed E-state index contributed by atoms with van der Waals surface area (Å²) in [5.74, 6) is 1.71. The van der Waals surface area contributed by atoms with E-state index in [2.05, 4.69) is 10.3 Å². The van der Waals surface area contributed by atoms with E-state index in [-0.39, 0.29) is 6.03 Å². The van der Waals surface area contributed by atoms with E-state index < -0.39 is 11.8 Å². The first-order chi connectivity index (χ1) is 12.4. The molecule has 3 rings (SSSR count). The fourth-order valence-corrected chi connectivity index (χ4v) is 2.85. The van der Waals surface area contributed by atoms with Gasteiger partial charge in [-0.15, -0.1) is 0 Å². The van der Waals surface area contributed by atoms with Gasteiger partial charge in [0.15, 0.2) is 6.23 Å². The molecule has 26 heavy (non-hydrogen) atoms. The number of aromatic nitrogens is 1. The van der Waals surface area contributed by atoms with Gasteiger partial charge in [-0.3, -0.25) is 4.90 Å². The van der Waals surface area contributed by atoms with Crippen LogP contribution in [0.1, 0.15) is 25.8 Å². The van der Waals surface area contributed by atoms with E-state index in [1.165, 1.54) is 11.1 Å². The normalized spacial score (nSPS) is 22.3. The standard InChI is InChI=1S/C19H23N3O4/c1-5-19(3)17(23)22(18(24)21-19)13-7-9-16(20-11-13)26-14-8-6-12(2)15(10-14)25-4/h6-11,17,23H,5H2,1-4H3,(H,21,24)/t17?,19-/m1/s1. The number of hydrogen-bond acceptors (Lipinski definition) is 5. The maximum Gasteiger partial charge on any atom is 0.324 e. The highest BCUT2D eigenvalue weighted by Gasteiger charge is 2.47. The molecule has 0 saturated carbocycles. The SMILES string of the molecule is CC[C@@]1(C)NC(=O)N(c2ccc(Oc3ccc(C)c(OC)c3)nc2)C1O. The number of methoxy groups -OCH3 is 1. The van der Waals surface area contributed by atoms with Gasteiger partial charge < -0.3 is 19.9 Å². The van der Waals surface area contributed by atoms with Crippen molar-refractivity contribution in [2.24, 2.45) is 0 Å². The highest BCUT2D eigenvalue weighted by atomic mass is 16.5. The second-order valence-electron chi connectivity index (χ2n) is 6.53. The Morgan fingerprint density at radius 3 is 2.69 bits per heavy atom. The van der Waals surface area contributed by atoms with E-state index >= 15 is 0 Å². The van der Waals surface area contributed by atoms with Crippen LogP contribution in [0.4, 0.5) is 10.5 Å². The van der Waals surface area contributed by atoms with Crippen LogP contribution in [0.2, 0.25) is 0 Å². The van der Waals surface area contributed by atoms with Gasteiger partial charge in [-0.25, -0.2) is 9.78 Å². The molecule has 138 valence electrons. The number of ether oxygens (including phenoxy) is 2. The Bertz CT molecular complexity index is 809. The van der Waals surface area contributed by atoms with Gasteiger partial charge in [0.25, 0.3) is 0 Å². The molecule has 7 heteroatoms. The molecule has 2 atom stereocenters. The van der Waals surface area contributed by atoms with Gasteiger partial charge in [0.2, 0.25) is 5.88 Å². The second-order valence-corrected chi connectivity index (χ2v) is 6.53. The monoisotopic (exact) mass is 357 g/mol. The average Bonchev–Trinajstić information content (AvgIpc) is 2.87. The molecule has 1 aliphatic heterocycles. The maximum absolute atomic E-state index is 12.2. The summed E-state index contributed by atoms with van der Waals surface area (Å²) in [6.45, 7) is 5.68. The van der Waals surface area contributed by atoms with Gasteiger partial charge >= 0.3 is 6.03 Å². The molecule has 1 saturated heterocycles. The predicted octanol–water partition coefficient (Wildman–Crippen LogP) is 3.21. The lowest BCUT2D eigenvalue weighted by molar-refractivity contribution is 0.107. The van der Waals surface area contributed by atoms with Crippen molar-refractivity contribution in [3.63, 3.8) is 0 Å². The van der Waals surface area contributed by atoms with Crippen molar-refractivity contribution in [3.8, 4) is 17.4 Å². The number of carbonyl (C=O) groups is 1. The van der Waals surface area contributed by atoms with Crippen LogP contribution in [-0.4, -0.2) is 35.0 Å².